The first-order chi connectivity index (χ1) is 13.0. The van der Waals surface area contributed by atoms with Crippen LogP contribution in [0.25, 0.3) is 0 Å². The Balaban J connectivity index is 0.00000280. The molecule has 2 nitrogen and oxygen atoms in total. The molecule has 0 bridgehead atoms. The Labute approximate surface area is 202 Å². The molecular weight excluding hydrogens is 572 g/mol. The van der Waals surface area contributed by atoms with Crippen LogP contribution in [-0.2, 0) is 4.74 Å². The molecule has 1 aliphatic carbocycles. The summed E-state index contributed by atoms with van der Waals surface area (Å²) in [5.74, 6) is 3.61. The van der Waals surface area contributed by atoms with Crippen molar-refractivity contribution < 1.29 is 33.3 Å². The van der Waals surface area contributed by atoms with Crippen molar-refractivity contribution >= 4 is 28.5 Å². The van der Waals surface area contributed by atoms with Gasteiger partial charge in [-0.25, -0.2) is 0 Å². The highest BCUT2D eigenvalue weighted by molar-refractivity contribution is 14.1. The molecule has 1 aromatic rings. The van der Waals surface area contributed by atoms with E-state index in [1.54, 1.807) is 0 Å². The first-order valence-electron chi connectivity index (χ1n) is 10.7. The summed E-state index contributed by atoms with van der Waals surface area (Å²) in [6, 6.07) is 11.0. The molecule has 2 atom stereocenters. The molecule has 1 aliphatic heterocycles. The highest BCUT2D eigenvalue weighted by atomic mass is 127. The summed E-state index contributed by atoms with van der Waals surface area (Å²) >= 11 is 2.47. The van der Waals surface area contributed by atoms with E-state index in [9.17, 15) is 0 Å². The molecule has 0 N–H and O–H groups in total. The normalized spacial score (nSPS) is 25.5. The van der Waals surface area contributed by atoms with Crippen LogP contribution in [-0.4, -0.2) is 22.6 Å². The van der Waals surface area contributed by atoms with Gasteiger partial charge in [0, 0.05) is 22.3 Å². The van der Waals surface area contributed by atoms with Gasteiger partial charge in [-0.05, 0) is 54.3 Å². The fourth-order valence-electron chi connectivity index (χ4n) is 4.94. The zero-order chi connectivity index (χ0) is 19.4. The van der Waals surface area contributed by atoms with Gasteiger partial charge in [-0.15, -0.1) is 0 Å². The van der Waals surface area contributed by atoms with Gasteiger partial charge in [0.1, 0.15) is 0 Å². The molecule has 1 aromatic carbocycles. The molecule has 0 spiro atoms. The Kier molecular flexibility index (Phi) is 9.30. The lowest BCUT2D eigenvalue weighted by Crippen LogP contribution is -3.00. The predicted molar refractivity (Wildman–Crippen MR) is 123 cm³/mol. The number of allylic oxidation sites excluding steroid dienone is 1. The smallest absolute Gasteiger partial charge is 0.342 e. The van der Waals surface area contributed by atoms with Crippen molar-refractivity contribution in [1.82, 2.24) is 0 Å². The fourth-order valence-corrected chi connectivity index (χ4v) is 5.59. The van der Waals surface area contributed by atoms with E-state index < -0.39 is 0 Å². The molecule has 156 valence electrons. The average Bonchev–Trinajstić information content (AvgIpc) is 3.29. The molecule has 1 saturated carbocycles. The lowest BCUT2D eigenvalue weighted by molar-refractivity contribution is -0.601. The zero-order valence-corrected chi connectivity index (χ0v) is 22.1. The third-order valence-corrected chi connectivity index (χ3v) is 7.06. The second-order valence-electron chi connectivity index (χ2n) is 8.51. The summed E-state index contributed by atoms with van der Waals surface area (Å²) in [5, 5.41) is 0. The van der Waals surface area contributed by atoms with E-state index in [-0.39, 0.29) is 29.5 Å². The minimum atomic E-state index is 0. The number of hydrogen-bond acceptors (Lipinski definition) is 1. The Morgan fingerprint density at radius 2 is 1.89 bits per heavy atom. The van der Waals surface area contributed by atoms with Crippen LogP contribution in [0.15, 0.2) is 39.7 Å². The van der Waals surface area contributed by atoms with Crippen molar-refractivity contribution in [2.75, 3.05) is 6.54 Å². The minimum Gasteiger partial charge on any atom is -1.00 e. The van der Waals surface area contributed by atoms with Crippen molar-refractivity contribution in [3.8, 4) is 0 Å². The molecule has 1 heterocycles. The van der Waals surface area contributed by atoms with E-state index >= 15 is 0 Å². The number of unbranched alkanes of at least 4 members (excludes halogenated alkanes) is 1. The molecule has 2 aliphatic rings. The first kappa shape index (κ1) is 24.2. The topological polar surface area (TPSA) is 12.2 Å². The van der Waals surface area contributed by atoms with Crippen LogP contribution in [0, 0.1) is 5.92 Å². The van der Waals surface area contributed by atoms with Gasteiger partial charge < -0.3 is 28.7 Å². The maximum Gasteiger partial charge on any atom is 0.342 e. The van der Waals surface area contributed by atoms with Gasteiger partial charge in [0.25, 0.3) is 0 Å². The van der Waals surface area contributed by atoms with Gasteiger partial charge in [-0.2, -0.15) is 4.58 Å². The highest BCUT2D eigenvalue weighted by Crippen LogP contribution is 2.46. The molecule has 0 amide bonds. The van der Waals surface area contributed by atoms with Gasteiger partial charge in [0.05, 0.1) is 6.42 Å². The van der Waals surface area contributed by atoms with Crippen molar-refractivity contribution in [1.29, 1.82) is 0 Å². The lowest BCUT2D eigenvalue weighted by Gasteiger charge is -2.29. The summed E-state index contributed by atoms with van der Waals surface area (Å²) in [6.45, 7) is 10.3. The van der Waals surface area contributed by atoms with E-state index in [1.807, 2.05) is 0 Å². The number of benzene rings is 1. The van der Waals surface area contributed by atoms with Crippen LogP contribution < -0.4 is 24.0 Å². The van der Waals surface area contributed by atoms with Crippen LogP contribution in [0.3, 0.4) is 0 Å². The fraction of sp³-hybridized carbons (Fsp3) is 0.625. The first-order valence-corrected chi connectivity index (χ1v) is 11.8. The van der Waals surface area contributed by atoms with Crippen LogP contribution >= 0.6 is 22.6 Å². The number of rotatable bonds is 7. The molecular formula is C24H35I2NO. The monoisotopic (exact) mass is 607 g/mol. The van der Waals surface area contributed by atoms with Crippen molar-refractivity contribution in [2.24, 2.45) is 5.92 Å². The summed E-state index contributed by atoms with van der Waals surface area (Å²) in [7, 11) is 0. The maximum atomic E-state index is 6.62. The van der Waals surface area contributed by atoms with Crippen LogP contribution in [0.4, 0.5) is 0 Å². The predicted octanol–water partition coefficient (Wildman–Crippen LogP) is 4.04. The SMILES string of the molecule is CCCCC1=[N+](CC(C)c2ccccc2)C(C)(C2CCCC2)/C(=C(/C)I)O1.[I-]. The van der Waals surface area contributed by atoms with Crippen LogP contribution in [0.2, 0.25) is 0 Å². The van der Waals surface area contributed by atoms with Crippen molar-refractivity contribution in [3.05, 3.63) is 45.2 Å². The number of hydrogen-bond donors (Lipinski definition) is 0. The van der Waals surface area contributed by atoms with Gasteiger partial charge in [0.2, 0.25) is 5.54 Å². The van der Waals surface area contributed by atoms with Crippen LogP contribution in [0.5, 0.6) is 0 Å². The summed E-state index contributed by atoms with van der Waals surface area (Å²) in [4.78, 5) is 0. The standard InChI is InChI=1S/C24H35INO.HI/c1-5-6-16-22-26(17-18(2)20-12-8-7-9-13-20)24(4,21-14-10-11-15-21)23(27-22)19(3)25;/h7-9,12-13,18,21H,5-6,10-11,14-17H2,1-4H3;1H/q+1;/p-1/b23-19+;. The maximum absolute atomic E-state index is 6.62. The highest BCUT2D eigenvalue weighted by Gasteiger charge is 2.57. The molecule has 3 rings (SSSR count). The van der Waals surface area contributed by atoms with E-state index in [4.69, 9.17) is 4.74 Å². The quantitative estimate of drug-likeness (QED) is 0.337. The largest absolute Gasteiger partial charge is 1.00 e. The van der Waals surface area contributed by atoms with E-state index in [0.717, 1.165) is 13.0 Å². The van der Waals surface area contributed by atoms with Gasteiger partial charge in [-0.3, -0.25) is 0 Å². The molecule has 4 heteroatoms. The summed E-state index contributed by atoms with van der Waals surface area (Å²) in [6.07, 6.45) is 8.82. The third-order valence-electron chi connectivity index (χ3n) is 6.57. The molecule has 1 fully saturated rings. The van der Waals surface area contributed by atoms with E-state index in [2.05, 4.69) is 85.2 Å². The zero-order valence-electron chi connectivity index (χ0n) is 17.8. The third kappa shape index (κ3) is 4.96. The van der Waals surface area contributed by atoms with Gasteiger partial charge in [-0.1, -0.05) is 63.4 Å². The number of nitrogens with zero attached hydrogens (tertiary/aromatic N) is 1. The second kappa shape index (κ2) is 10.8. The van der Waals surface area contributed by atoms with Gasteiger partial charge in [0.15, 0.2) is 12.3 Å². The molecule has 2 unspecified atom stereocenters. The number of ether oxygens (including phenoxy) is 1. The molecule has 0 saturated heterocycles. The Bertz CT molecular complexity index is 703. The minimum absolute atomic E-state index is 0. The molecule has 28 heavy (non-hydrogen) atoms. The summed E-state index contributed by atoms with van der Waals surface area (Å²) < 4.78 is 10.6. The van der Waals surface area contributed by atoms with Crippen molar-refractivity contribution in [3.63, 3.8) is 0 Å². The van der Waals surface area contributed by atoms with Gasteiger partial charge >= 0.3 is 5.90 Å². The second-order valence-corrected chi connectivity index (χ2v) is 10.1. The van der Waals surface area contributed by atoms with Crippen molar-refractivity contribution in [2.45, 2.75) is 84.1 Å². The average molecular weight is 607 g/mol. The van der Waals surface area contributed by atoms with E-state index in [0.29, 0.717) is 11.8 Å². The van der Waals surface area contributed by atoms with Crippen LogP contribution in [0.1, 0.15) is 84.1 Å². The lowest BCUT2D eigenvalue weighted by atomic mass is 9.81. The Hall–Kier alpha value is -0.110. The molecule has 0 radical (unpaired) electrons. The molecule has 0 aromatic heterocycles. The number of halogens is 2. The summed E-state index contributed by atoms with van der Waals surface area (Å²) in [5.41, 5.74) is 1.43. The Morgan fingerprint density at radius 1 is 1.25 bits per heavy atom. The van der Waals surface area contributed by atoms with E-state index in [1.165, 1.54) is 59.3 Å². The Morgan fingerprint density at radius 3 is 2.46 bits per heavy atom.